The van der Waals surface area contributed by atoms with Crippen molar-refractivity contribution in [2.75, 3.05) is 6.73 Å². The molecule has 0 aromatic rings. The fourth-order valence-electron chi connectivity index (χ4n) is 0.475. The van der Waals surface area contributed by atoms with Crippen molar-refractivity contribution in [2.24, 2.45) is 5.92 Å². The van der Waals surface area contributed by atoms with E-state index < -0.39 is 6.09 Å². The van der Waals surface area contributed by atoms with Crippen LogP contribution in [0.15, 0.2) is 0 Å². The van der Waals surface area contributed by atoms with Gasteiger partial charge >= 0.3 is 12.1 Å². The minimum Gasteiger partial charge on any atom is -0.465 e. The highest BCUT2D eigenvalue weighted by Crippen LogP contribution is 2.01. The normalized spacial score (nSPS) is 12.7. The number of esters is 1. The summed E-state index contributed by atoms with van der Waals surface area (Å²) in [7, 11) is 0. The third kappa shape index (κ3) is 4.54. The Kier molecular flexibility index (Phi) is 3.97. The minimum absolute atomic E-state index is 0.186. The highest BCUT2D eigenvalue weighted by molar-refractivity contribution is 5.72. The smallest absolute Gasteiger partial charge is 0.407 e. The summed E-state index contributed by atoms with van der Waals surface area (Å²) in [6, 6.07) is 0. The van der Waals surface area contributed by atoms with Gasteiger partial charge in [0.05, 0.1) is 5.92 Å². The van der Waals surface area contributed by atoms with Gasteiger partial charge in [0.25, 0.3) is 1.43 Å². The summed E-state index contributed by atoms with van der Waals surface area (Å²) in [4.78, 5) is 21.3. The molecule has 0 heterocycles. The standard InChI is InChI=1S/C7H13NO4/c1-3-5(2)6(9)12-4-8-7(10)11/h5,8H,3-4H2,1-2H3,(H,10,11)/i/hT. The van der Waals surface area contributed by atoms with E-state index in [-0.39, 0.29) is 18.6 Å². The van der Waals surface area contributed by atoms with Gasteiger partial charge in [0.2, 0.25) is 0 Å². The van der Waals surface area contributed by atoms with Gasteiger partial charge in [0.15, 0.2) is 6.73 Å². The Morgan fingerprint density at radius 1 is 1.75 bits per heavy atom. The van der Waals surface area contributed by atoms with Crippen LogP contribution in [0.25, 0.3) is 1.43 Å². The van der Waals surface area contributed by atoms with Crippen LogP contribution < -0.4 is 5.32 Å². The summed E-state index contributed by atoms with van der Waals surface area (Å²) in [5.74, 6) is -0.568. The molecule has 5 nitrogen and oxygen atoms in total. The van der Waals surface area contributed by atoms with E-state index in [1.807, 2.05) is 6.92 Å². The first-order chi connectivity index (χ1) is 6.11. The van der Waals surface area contributed by atoms with Crippen molar-refractivity contribution in [3.05, 3.63) is 0 Å². The molecule has 0 radical (unpaired) electrons. The lowest BCUT2D eigenvalue weighted by Crippen LogP contribution is -2.27. The molecular formula is C7H13NO4. The molecule has 0 bridgehead atoms. The first kappa shape index (κ1) is 8.83. The lowest BCUT2D eigenvalue weighted by Gasteiger charge is -2.08. The Morgan fingerprint density at radius 3 is 2.92 bits per heavy atom. The van der Waals surface area contributed by atoms with Crippen LogP contribution in [0.5, 0.6) is 0 Å². The summed E-state index contributed by atoms with van der Waals surface area (Å²) in [6.45, 7) is 3.32. The van der Waals surface area contributed by atoms with Crippen LogP contribution in [0, 0.1) is 5.92 Å². The van der Waals surface area contributed by atoms with Gasteiger partial charge in [-0.05, 0) is 6.42 Å². The lowest BCUT2D eigenvalue weighted by atomic mass is 10.1. The van der Waals surface area contributed by atoms with Crippen LogP contribution in [0.2, 0.25) is 0 Å². The van der Waals surface area contributed by atoms with Gasteiger partial charge in [0.1, 0.15) is 0 Å². The lowest BCUT2D eigenvalue weighted by molar-refractivity contribution is -0.148. The highest BCUT2D eigenvalue weighted by atomic mass is 16.5. The molecule has 2 N–H and O–H groups in total. The van der Waals surface area contributed by atoms with Crippen molar-refractivity contribution in [2.45, 2.75) is 20.3 Å². The molecule has 0 rings (SSSR count). The molecule has 0 aromatic heterocycles. The quantitative estimate of drug-likeness (QED) is 0.492. The van der Waals surface area contributed by atoms with Crippen molar-refractivity contribution in [3.8, 4) is 0 Å². The molecule has 70 valence electrons. The van der Waals surface area contributed by atoms with Gasteiger partial charge < -0.3 is 9.85 Å². The Morgan fingerprint density at radius 2 is 2.42 bits per heavy atom. The van der Waals surface area contributed by atoms with E-state index in [2.05, 4.69) is 15.2 Å². The van der Waals surface area contributed by atoms with Crippen LogP contribution in [0.1, 0.15) is 20.3 Å². The van der Waals surface area contributed by atoms with Crippen LogP contribution in [0.4, 0.5) is 4.79 Å². The fraction of sp³-hybridized carbons (Fsp3) is 0.714. The van der Waals surface area contributed by atoms with Crippen molar-refractivity contribution in [1.82, 2.24) is 5.32 Å². The number of ether oxygens (including phenoxy) is 1. The second kappa shape index (κ2) is 5.40. The molecular weight excluding hydrogens is 162 g/mol. The summed E-state index contributed by atoms with van der Waals surface area (Å²) in [5.41, 5.74) is 0. The Hall–Kier alpha value is -1.26. The summed E-state index contributed by atoms with van der Waals surface area (Å²) in [5, 5.41) is 5.58. The van der Waals surface area contributed by atoms with Crippen LogP contribution in [-0.2, 0) is 9.53 Å². The number of carbonyl (C=O) groups excluding carboxylic acids is 1. The van der Waals surface area contributed by atoms with E-state index in [1.165, 1.54) is 0 Å². The van der Waals surface area contributed by atoms with Gasteiger partial charge in [-0.1, -0.05) is 13.8 Å². The zero-order valence-electron chi connectivity index (χ0n) is 8.12. The van der Waals surface area contributed by atoms with Gasteiger partial charge in [-0.2, -0.15) is 0 Å². The zero-order chi connectivity index (χ0) is 10.3. The number of carboxylic acid groups (broad SMARTS) is 1. The molecule has 0 aliphatic rings. The summed E-state index contributed by atoms with van der Waals surface area (Å²) in [6.07, 6.45) is -0.265. The largest absolute Gasteiger partial charge is 0.465 e. The summed E-state index contributed by atoms with van der Waals surface area (Å²) < 4.78 is 10.8. The SMILES string of the molecule is [3H]OC(=O)NCOC(=O)C(C)CC. The Balaban J connectivity index is 3.53. The number of amides is 1. The second-order valence-electron chi connectivity index (χ2n) is 2.38. The van der Waals surface area contributed by atoms with Gasteiger partial charge in [-0.25, -0.2) is 4.79 Å². The van der Waals surface area contributed by atoms with Crippen LogP contribution in [0.3, 0.4) is 0 Å². The number of nitrogens with one attached hydrogen (secondary N) is 1. The first-order valence-electron chi connectivity index (χ1n) is 4.10. The second-order valence-corrected chi connectivity index (χ2v) is 2.38. The maximum Gasteiger partial charge on any atom is 0.407 e. The monoisotopic (exact) mass is 177 g/mol. The average Bonchev–Trinajstić information content (AvgIpc) is 2.15. The topological polar surface area (TPSA) is 75.6 Å². The molecule has 0 saturated heterocycles. The average molecular weight is 177 g/mol. The third-order valence-corrected chi connectivity index (χ3v) is 1.45. The zero-order valence-corrected chi connectivity index (χ0v) is 7.12. The molecule has 0 aromatic carbocycles. The van der Waals surface area contributed by atoms with E-state index in [9.17, 15) is 9.59 Å². The van der Waals surface area contributed by atoms with Crippen molar-refractivity contribution in [1.29, 1.82) is 1.43 Å². The van der Waals surface area contributed by atoms with Crippen LogP contribution in [-0.4, -0.2) is 23.9 Å². The molecule has 1 amide bonds. The molecule has 0 fully saturated rings. The van der Waals surface area contributed by atoms with Crippen molar-refractivity contribution < 1.29 is 19.4 Å². The van der Waals surface area contributed by atoms with Gasteiger partial charge in [-0.15, -0.1) is 0 Å². The third-order valence-electron chi connectivity index (χ3n) is 1.45. The summed E-state index contributed by atoms with van der Waals surface area (Å²) >= 11 is 0. The molecule has 0 saturated carbocycles. The maximum atomic E-state index is 11.0. The molecule has 0 aliphatic heterocycles. The molecule has 12 heavy (non-hydrogen) atoms. The van der Waals surface area contributed by atoms with E-state index in [1.54, 1.807) is 6.92 Å². The van der Waals surface area contributed by atoms with Gasteiger partial charge in [0, 0.05) is 0 Å². The first-order valence-corrected chi connectivity index (χ1v) is 3.69. The number of hydrogen-bond acceptors (Lipinski definition) is 4. The molecule has 0 spiro atoms. The van der Waals surface area contributed by atoms with E-state index >= 15 is 0 Å². The van der Waals surface area contributed by atoms with E-state index in [4.69, 9.17) is 1.43 Å². The molecule has 1 atom stereocenters. The highest BCUT2D eigenvalue weighted by Gasteiger charge is 2.11. The predicted octanol–water partition coefficient (Wildman–Crippen LogP) is 0.801. The Bertz CT molecular complexity index is 185. The maximum absolute atomic E-state index is 11.0. The Labute approximate surface area is 72.2 Å². The van der Waals surface area contributed by atoms with E-state index in [0.717, 1.165) is 0 Å². The van der Waals surface area contributed by atoms with Crippen molar-refractivity contribution in [3.63, 3.8) is 0 Å². The predicted molar refractivity (Wildman–Crippen MR) is 41.6 cm³/mol. The molecule has 0 aliphatic carbocycles. The number of carbonyl (C=O) groups is 2. The fourth-order valence-corrected chi connectivity index (χ4v) is 0.475. The number of rotatable bonds is 4. The molecule has 1 unspecified atom stereocenters. The van der Waals surface area contributed by atoms with Crippen LogP contribution >= 0.6 is 0 Å². The minimum atomic E-state index is -0.947. The molecule has 5 heteroatoms. The van der Waals surface area contributed by atoms with Crippen molar-refractivity contribution >= 4 is 12.1 Å². The van der Waals surface area contributed by atoms with E-state index in [0.29, 0.717) is 6.42 Å². The number of hydrogen-bond donors (Lipinski definition) is 2. The van der Waals surface area contributed by atoms with Gasteiger partial charge in [-0.3, -0.25) is 10.1 Å².